The summed E-state index contributed by atoms with van der Waals surface area (Å²) in [4.78, 5) is 13.7. The molecule has 0 aromatic heterocycles. The van der Waals surface area contributed by atoms with Crippen molar-refractivity contribution in [3.8, 4) is 0 Å². The maximum absolute atomic E-state index is 11.4. The summed E-state index contributed by atoms with van der Waals surface area (Å²) in [5.74, 6) is 0.556. The molecule has 100 valence electrons. The Labute approximate surface area is 104 Å². The lowest BCUT2D eigenvalue weighted by atomic mass is 10.00. The van der Waals surface area contributed by atoms with Crippen LogP contribution in [0.15, 0.2) is 0 Å². The van der Waals surface area contributed by atoms with Crippen LogP contribution in [0.2, 0.25) is 0 Å². The molecule has 1 aliphatic rings. The highest BCUT2D eigenvalue weighted by Gasteiger charge is 2.26. The Kier molecular flexibility index (Phi) is 5.21. The van der Waals surface area contributed by atoms with Gasteiger partial charge in [-0.1, -0.05) is 0 Å². The highest BCUT2D eigenvalue weighted by Crippen LogP contribution is 2.14. The first-order valence-electron chi connectivity index (χ1n) is 6.30. The Hall–Kier alpha value is -0.810. The molecule has 1 fully saturated rings. The van der Waals surface area contributed by atoms with Crippen LogP contribution >= 0.6 is 0 Å². The maximum atomic E-state index is 11.4. The highest BCUT2D eigenvalue weighted by atomic mass is 16.6. The van der Waals surface area contributed by atoms with Crippen molar-refractivity contribution in [3.05, 3.63) is 0 Å². The fourth-order valence-electron chi connectivity index (χ4n) is 1.85. The van der Waals surface area contributed by atoms with Crippen molar-refractivity contribution in [2.75, 3.05) is 32.7 Å². The predicted octanol–water partition coefficient (Wildman–Crippen LogP) is 0.792. The van der Waals surface area contributed by atoms with E-state index in [9.17, 15) is 4.79 Å². The number of carbonyl (C=O) groups is 1. The monoisotopic (exact) mass is 243 g/mol. The van der Waals surface area contributed by atoms with Gasteiger partial charge in [-0.25, -0.2) is 4.79 Å². The normalized spacial score (nSPS) is 17.6. The van der Waals surface area contributed by atoms with E-state index in [-0.39, 0.29) is 6.09 Å². The first-order chi connectivity index (χ1) is 7.90. The van der Waals surface area contributed by atoms with E-state index in [4.69, 9.17) is 10.5 Å². The van der Waals surface area contributed by atoms with Gasteiger partial charge in [0.2, 0.25) is 0 Å². The van der Waals surface area contributed by atoms with E-state index in [1.54, 1.807) is 0 Å². The van der Waals surface area contributed by atoms with Crippen LogP contribution in [0, 0.1) is 5.92 Å². The molecule has 0 unspecified atom stereocenters. The van der Waals surface area contributed by atoms with Crippen molar-refractivity contribution in [2.24, 2.45) is 11.7 Å². The van der Waals surface area contributed by atoms with Crippen LogP contribution in [0.3, 0.4) is 0 Å². The first kappa shape index (κ1) is 14.3. The molecule has 1 amide bonds. The molecule has 5 nitrogen and oxygen atoms in total. The Morgan fingerprint density at radius 2 is 2.12 bits per heavy atom. The zero-order valence-corrected chi connectivity index (χ0v) is 11.2. The van der Waals surface area contributed by atoms with Crippen LogP contribution in [-0.2, 0) is 4.74 Å². The van der Waals surface area contributed by atoms with E-state index in [0.717, 1.165) is 32.6 Å². The standard InChI is InChI=1S/C12H25N3O2/c1-12(2,3)17-11(16)14-7-10-8-15(9-10)6-4-5-13/h10H,4-9,13H2,1-3H3,(H,14,16). The van der Waals surface area contributed by atoms with Crippen LogP contribution in [0.1, 0.15) is 27.2 Å². The van der Waals surface area contributed by atoms with Gasteiger partial charge in [0.05, 0.1) is 0 Å². The number of carbonyl (C=O) groups excluding carboxylic acids is 1. The molecule has 0 atom stereocenters. The van der Waals surface area contributed by atoms with Gasteiger partial charge in [-0.3, -0.25) is 0 Å². The van der Waals surface area contributed by atoms with E-state index in [2.05, 4.69) is 10.2 Å². The van der Waals surface area contributed by atoms with Gasteiger partial charge in [0.1, 0.15) is 5.60 Å². The number of alkyl carbamates (subject to hydrolysis) is 1. The van der Waals surface area contributed by atoms with Crippen molar-refractivity contribution >= 4 is 6.09 Å². The van der Waals surface area contributed by atoms with Gasteiger partial charge in [-0.05, 0) is 40.3 Å². The quantitative estimate of drug-likeness (QED) is 0.749. The van der Waals surface area contributed by atoms with Crippen molar-refractivity contribution in [1.29, 1.82) is 0 Å². The second kappa shape index (κ2) is 6.21. The van der Waals surface area contributed by atoms with E-state index >= 15 is 0 Å². The average Bonchev–Trinajstić information content (AvgIpc) is 2.11. The lowest BCUT2D eigenvalue weighted by Crippen LogP contribution is -2.52. The summed E-state index contributed by atoms with van der Waals surface area (Å²) in [6.45, 7) is 10.2. The van der Waals surface area contributed by atoms with Crippen molar-refractivity contribution in [3.63, 3.8) is 0 Å². The summed E-state index contributed by atoms with van der Waals surface area (Å²) in [6.07, 6.45) is 0.726. The SMILES string of the molecule is CC(C)(C)OC(=O)NCC1CN(CCCN)C1. The number of nitrogens with zero attached hydrogens (tertiary/aromatic N) is 1. The molecule has 17 heavy (non-hydrogen) atoms. The van der Waals surface area contributed by atoms with Gasteiger partial charge in [0.15, 0.2) is 0 Å². The van der Waals surface area contributed by atoms with Gasteiger partial charge in [-0.2, -0.15) is 0 Å². The van der Waals surface area contributed by atoms with Crippen molar-refractivity contribution in [2.45, 2.75) is 32.8 Å². The van der Waals surface area contributed by atoms with Gasteiger partial charge >= 0.3 is 6.09 Å². The molecule has 1 heterocycles. The number of amides is 1. The molecule has 0 aromatic rings. The molecule has 0 bridgehead atoms. The van der Waals surface area contributed by atoms with Gasteiger partial charge < -0.3 is 20.7 Å². The largest absolute Gasteiger partial charge is 0.444 e. The number of hydrogen-bond donors (Lipinski definition) is 2. The third-order valence-electron chi connectivity index (χ3n) is 2.65. The van der Waals surface area contributed by atoms with Crippen molar-refractivity contribution < 1.29 is 9.53 Å². The number of rotatable bonds is 5. The molecule has 0 saturated carbocycles. The fourth-order valence-corrected chi connectivity index (χ4v) is 1.85. The van der Waals surface area contributed by atoms with Gasteiger partial charge in [0, 0.05) is 25.6 Å². The Morgan fingerprint density at radius 1 is 1.47 bits per heavy atom. The Balaban J connectivity index is 2.04. The molecule has 3 N–H and O–H groups in total. The van der Waals surface area contributed by atoms with Crippen LogP contribution in [0.5, 0.6) is 0 Å². The molecular formula is C12H25N3O2. The minimum atomic E-state index is -0.420. The molecule has 1 rings (SSSR count). The summed E-state index contributed by atoms with van der Waals surface area (Å²) >= 11 is 0. The minimum Gasteiger partial charge on any atom is -0.444 e. The van der Waals surface area contributed by atoms with Gasteiger partial charge in [0.25, 0.3) is 0 Å². The van der Waals surface area contributed by atoms with Gasteiger partial charge in [-0.15, -0.1) is 0 Å². The van der Waals surface area contributed by atoms with Crippen LogP contribution in [0.25, 0.3) is 0 Å². The molecule has 0 radical (unpaired) electrons. The molecule has 1 aliphatic heterocycles. The van der Waals surface area contributed by atoms with Crippen LogP contribution in [0.4, 0.5) is 4.79 Å². The number of nitrogens with two attached hydrogens (primary N) is 1. The maximum Gasteiger partial charge on any atom is 0.407 e. The minimum absolute atomic E-state index is 0.321. The Morgan fingerprint density at radius 3 is 2.65 bits per heavy atom. The molecule has 0 aliphatic carbocycles. The predicted molar refractivity (Wildman–Crippen MR) is 67.8 cm³/mol. The first-order valence-corrected chi connectivity index (χ1v) is 6.30. The lowest BCUT2D eigenvalue weighted by molar-refractivity contribution is 0.0465. The third kappa shape index (κ3) is 5.89. The molecule has 0 aromatic carbocycles. The zero-order chi connectivity index (χ0) is 12.9. The molecule has 0 spiro atoms. The average molecular weight is 243 g/mol. The van der Waals surface area contributed by atoms with E-state index in [0.29, 0.717) is 12.5 Å². The second-order valence-corrected chi connectivity index (χ2v) is 5.65. The van der Waals surface area contributed by atoms with Crippen LogP contribution in [-0.4, -0.2) is 49.3 Å². The summed E-state index contributed by atoms with van der Waals surface area (Å²) in [6, 6.07) is 0. The summed E-state index contributed by atoms with van der Waals surface area (Å²) in [5, 5.41) is 2.81. The fraction of sp³-hybridized carbons (Fsp3) is 0.917. The third-order valence-corrected chi connectivity index (χ3v) is 2.65. The number of likely N-dealkylation sites (tertiary alicyclic amines) is 1. The van der Waals surface area contributed by atoms with E-state index < -0.39 is 5.60 Å². The molecular weight excluding hydrogens is 218 g/mol. The van der Waals surface area contributed by atoms with E-state index in [1.807, 2.05) is 20.8 Å². The summed E-state index contributed by atoms with van der Waals surface area (Å²) in [5.41, 5.74) is 5.03. The number of ether oxygens (including phenoxy) is 1. The summed E-state index contributed by atoms with van der Waals surface area (Å²) < 4.78 is 5.17. The molecule has 5 heteroatoms. The molecule has 1 saturated heterocycles. The highest BCUT2D eigenvalue weighted by molar-refractivity contribution is 5.67. The second-order valence-electron chi connectivity index (χ2n) is 5.65. The summed E-state index contributed by atoms with van der Waals surface area (Å²) in [7, 11) is 0. The lowest BCUT2D eigenvalue weighted by Gasteiger charge is -2.39. The van der Waals surface area contributed by atoms with Crippen molar-refractivity contribution in [1.82, 2.24) is 10.2 Å². The number of nitrogens with one attached hydrogen (secondary N) is 1. The van der Waals surface area contributed by atoms with E-state index in [1.165, 1.54) is 0 Å². The topological polar surface area (TPSA) is 67.6 Å². The Bertz CT molecular complexity index is 245. The number of hydrogen-bond acceptors (Lipinski definition) is 4. The smallest absolute Gasteiger partial charge is 0.407 e. The van der Waals surface area contributed by atoms with Crippen LogP contribution < -0.4 is 11.1 Å². The zero-order valence-electron chi connectivity index (χ0n) is 11.2.